The Labute approximate surface area is 126 Å². The van der Waals surface area contributed by atoms with Crippen molar-refractivity contribution in [3.63, 3.8) is 0 Å². The average molecular weight is 306 g/mol. The van der Waals surface area contributed by atoms with Crippen LogP contribution in [0.25, 0.3) is 0 Å². The molecule has 0 saturated carbocycles. The number of hydrogen-bond acceptors (Lipinski definition) is 3. The highest BCUT2D eigenvalue weighted by atomic mass is 35.5. The number of rotatable bonds is 4. The second kappa shape index (κ2) is 6.42. The zero-order valence-corrected chi connectivity index (χ0v) is 12.1. The van der Waals surface area contributed by atoms with E-state index in [2.05, 4.69) is 16.3 Å². The number of anilines is 1. The van der Waals surface area contributed by atoms with Crippen LogP contribution in [-0.2, 0) is 6.54 Å². The summed E-state index contributed by atoms with van der Waals surface area (Å²) in [4.78, 5) is 12.2. The lowest BCUT2D eigenvalue weighted by Crippen LogP contribution is -2.26. The average Bonchev–Trinajstić information content (AvgIpc) is 2.47. The van der Waals surface area contributed by atoms with Crippen molar-refractivity contribution >= 4 is 17.3 Å². The molecule has 0 amide bonds. The molecule has 0 bridgehead atoms. The predicted octanol–water partition coefficient (Wildman–Crippen LogP) is 2.84. The summed E-state index contributed by atoms with van der Waals surface area (Å²) in [5, 5.41) is 6.93. The highest BCUT2D eigenvalue weighted by Gasteiger charge is 2.15. The smallest absolute Gasteiger partial charge is 0.292 e. The van der Waals surface area contributed by atoms with Crippen molar-refractivity contribution in [3.05, 3.63) is 57.2 Å². The third-order valence-corrected chi connectivity index (χ3v) is 3.26. The molecule has 21 heavy (non-hydrogen) atoms. The van der Waals surface area contributed by atoms with Crippen LogP contribution in [-0.4, -0.2) is 9.78 Å². The first-order chi connectivity index (χ1) is 10.0. The van der Waals surface area contributed by atoms with Gasteiger partial charge in [-0.05, 0) is 13.0 Å². The van der Waals surface area contributed by atoms with Crippen LogP contribution in [0.1, 0.15) is 18.5 Å². The van der Waals surface area contributed by atoms with Gasteiger partial charge in [-0.25, -0.2) is 9.07 Å². The summed E-state index contributed by atoms with van der Waals surface area (Å²) in [5.74, 6) is 1.98. The fourth-order valence-electron chi connectivity index (χ4n) is 1.92. The minimum absolute atomic E-state index is 0.0404. The van der Waals surface area contributed by atoms with E-state index in [0.29, 0.717) is 5.56 Å². The molecule has 1 atom stereocenters. The van der Waals surface area contributed by atoms with Gasteiger partial charge < -0.3 is 5.32 Å². The molecule has 1 N–H and O–H groups in total. The first-order valence-corrected chi connectivity index (χ1v) is 6.62. The second-order valence-corrected chi connectivity index (χ2v) is 4.83. The van der Waals surface area contributed by atoms with E-state index in [4.69, 9.17) is 18.0 Å². The molecular weight excluding hydrogens is 293 g/mol. The summed E-state index contributed by atoms with van der Waals surface area (Å²) in [6.07, 6.45) is 6.51. The van der Waals surface area contributed by atoms with Gasteiger partial charge in [0.25, 0.3) is 5.56 Å². The number of nitrogens with one attached hydrogen (secondary N) is 1. The number of nitrogens with zero attached hydrogens (tertiary/aromatic N) is 2. The number of halogens is 2. The lowest BCUT2D eigenvalue weighted by Gasteiger charge is -2.17. The van der Waals surface area contributed by atoms with Crippen molar-refractivity contribution in [1.29, 1.82) is 0 Å². The zero-order chi connectivity index (χ0) is 15.4. The quantitative estimate of drug-likeness (QED) is 0.884. The van der Waals surface area contributed by atoms with Crippen molar-refractivity contribution in [1.82, 2.24) is 9.78 Å². The molecule has 6 heteroatoms. The lowest BCUT2D eigenvalue weighted by atomic mass is 10.1. The molecule has 0 radical (unpaired) electrons. The van der Waals surface area contributed by atoms with Gasteiger partial charge in [0.1, 0.15) is 18.0 Å². The first-order valence-electron chi connectivity index (χ1n) is 6.24. The van der Waals surface area contributed by atoms with E-state index in [9.17, 15) is 9.18 Å². The summed E-state index contributed by atoms with van der Waals surface area (Å²) < 4.78 is 14.9. The summed E-state index contributed by atoms with van der Waals surface area (Å²) in [6, 6.07) is 5.89. The van der Waals surface area contributed by atoms with Gasteiger partial charge in [-0.3, -0.25) is 4.79 Å². The molecular formula is C15H13ClFN3O. The van der Waals surface area contributed by atoms with E-state index < -0.39 is 11.6 Å². The van der Waals surface area contributed by atoms with E-state index >= 15 is 0 Å². The van der Waals surface area contributed by atoms with Crippen LogP contribution >= 0.6 is 11.6 Å². The van der Waals surface area contributed by atoms with Gasteiger partial charge >= 0.3 is 0 Å². The highest BCUT2D eigenvalue weighted by molar-refractivity contribution is 6.33. The van der Waals surface area contributed by atoms with Crippen LogP contribution in [0.5, 0.6) is 0 Å². The van der Waals surface area contributed by atoms with E-state index in [1.54, 1.807) is 25.1 Å². The molecule has 0 spiro atoms. The van der Waals surface area contributed by atoms with Crippen molar-refractivity contribution in [2.24, 2.45) is 0 Å². The number of benzene rings is 1. The van der Waals surface area contributed by atoms with Gasteiger partial charge in [0.15, 0.2) is 0 Å². The summed E-state index contributed by atoms with van der Waals surface area (Å²) in [7, 11) is 0. The van der Waals surface area contributed by atoms with Gasteiger partial charge in [0.05, 0.1) is 17.3 Å². The van der Waals surface area contributed by atoms with Crippen molar-refractivity contribution in [3.8, 4) is 12.3 Å². The number of terminal acetylenes is 1. The zero-order valence-electron chi connectivity index (χ0n) is 11.3. The maximum atomic E-state index is 13.7. The van der Waals surface area contributed by atoms with Crippen molar-refractivity contribution in [2.45, 2.75) is 19.5 Å². The molecule has 0 saturated heterocycles. The summed E-state index contributed by atoms with van der Waals surface area (Å²) in [5.41, 5.74) is 0.148. The van der Waals surface area contributed by atoms with Crippen molar-refractivity contribution < 1.29 is 4.39 Å². The molecule has 0 fully saturated rings. The maximum Gasteiger partial charge on any atom is 0.292 e. The number of hydrogen-bond donors (Lipinski definition) is 1. The molecule has 108 valence electrons. The van der Waals surface area contributed by atoms with Gasteiger partial charge in [0, 0.05) is 5.56 Å². The summed E-state index contributed by atoms with van der Waals surface area (Å²) in [6.45, 7) is 1.78. The van der Waals surface area contributed by atoms with E-state index in [0.717, 1.165) is 4.68 Å². The number of aromatic nitrogens is 2. The highest BCUT2D eigenvalue weighted by Crippen LogP contribution is 2.23. The normalized spacial score (nSPS) is 11.7. The van der Waals surface area contributed by atoms with Crippen LogP contribution in [0.3, 0.4) is 0 Å². The van der Waals surface area contributed by atoms with E-state index in [1.807, 2.05) is 0 Å². The molecule has 1 heterocycles. The van der Waals surface area contributed by atoms with Crippen molar-refractivity contribution in [2.75, 3.05) is 5.32 Å². The largest absolute Gasteiger partial charge is 0.373 e. The standard InChI is InChI=1S/C15H13ClFN3O/c1-3-8-20-15(21)14(12(16)9-18-20)19-10(2)11-6-4-5-7-13(11)17/h1,4-7,9-10,19H,8H2,2H3. The Morgan fingerprint density at radius 2 is 2.24 bits per heavy atom. The minimum Gasteiger partial charge on any atom is -0.373 e. The Hall–Kier alpha value is -2.32. The molecule has 1 aromatic heterocycles. The third kappa shape index (κ3) is 3.23. The summed E-state index contributed by atoms with van der Waals surface area (Å²) >= 11 is 5.99. The maximum absolute atomic E-state index is 13.7. The lowest BCUT2D eigenvalue weighted by molar-refractivity contribution is 0.599. The molecule has 1 aromatic carbocycles. The molecule has 0 aliphatic rings. The fourth-order valence-corrected chi connectivity index (χ4v) is 2.10. The van der Waals surface area contributed by atoms with E-state index in [-0.39, 0.29) is 23.1 Å². The fraction of sp³-hybridized carbons (Fsp3) is 0.200. The Kier molecular flexibility index (Phi) is 4.61. The van der Waals surface area contributed by atoms with Gasteiger partial charge in [-0.1, -0.05) is 35.7 Å². The Morgan fingerprint density at radius 3 is 2.90 bits per heavy atom. The Bertz CT molecular complexity index is 751. The molecule has 2 rings (SSSR count). The SMILES string of the molecule is C#CCn1ncc(Cl)c(NC(C)c2ccccc2F)c1=O. The Morgan fingerprint density at radius 1 is 1.52 bits per heavy atom. The molecule has 2 aromatic rings. The van der Waals surface area contributed by atoms with Crippen LogP contribution < -0.4 is 10.9 Å². The molecule has 0 aliphatic carbocycles. The first kappa shape index (κ1) is 15.1. The molecule has 0 aliphatic heterocycles. The molecule has 4 nitrogen and oxygen atoms in total. The molecule has 1 unspecified atom stereocenters. The second-order valence-electron chi connectivity index (χ2n) is 4.42. The Balaban J connectivity index is 2.36. The predicted molar refractivity (Wildman–Crippen MR) is 80.8 cm³/mol. The van der Waals surface area contributed by atoms with Crippen LogP contribution in [0.4, 0.5) is 10.1 Å². The van der Waals surface area contributed by atoms with Gasteiger partial charge in [-0.15, -0.1) is 6.42 Å². The van der Waals surface area contributed by atoms with E-state index in [1.165, 1.54) is 12.3 Å². The van der Waals surface area contributed by atoms with Crippen LogP contribution in [0, 0.1) is 18.2 Å². The van der Waals surface area contributed by atoms with Crippen LogP contribution in [0.2, 0.25) is 5.02 Å². The monoisotopic (exact) mass is 305 g/mol. The minimum atomic E-state index is -0.441. The van der Waals surface area contributed by atoms with Gasteiger partial charge in [-0.2, -0.15) is 5.10 Å². The van der Waals surface area contributed by atoms with Gasteiger partial charge in [0.2, 0.25) is 0 Å². The van der Waals surface area contributed by atoms with Crippen LogP contribution in [0.15, 0.2) is 35.3 Å². The third-order valence-electron chi connectivity index (χ3n) is 2.97. The topological polar surface area (TPSA) is 46.9 Å².